The number of rotatable bonds is 8. The average molecular weight is 370 g/mol. The van der Waals surface area contributed by atoms with Crippen molar-refractivity contribution in [2.24, 2.45) is 5.92 Å². The lowest BCUT2D eigenvalue weighted by Gasteiger charge is -2.19. The first-order valence-corrected chi connectivity index (χ1v) is 8.11. The van der Waals surface area contributed by atoms with Crippen LogP contribution in [-0.2, 0) is 9.53 Å². The number of allylic oxidation sites excluding steroid dienone is 1. The number of nitrogens with one attached hydrogen (secondary N) is 1. The smallest absolute Gasteiger partial charge is 0.328 e. The molecule has 1 atom stereocenters. The lowest BCUT2D eigenvalue weighted by atomic mass is 10.0. The van der Waals surface area contributed by atoms with Crippen molar-refractivity contribution in [3.05, 3.63) is 40.5 Å². The van der Waals surface area contributed by atoms with Gasteiger partial charge in [-0.3, -0.25) is 0 Å². The summed E-state index contributed by atoms with van der Waals surface area (Å²) in [7, 11) is 1.41. The summed E-state index contributed by atoms with van der Waals surface area (Å²) in [6.45, 7) is 6.51. The summed E-state index contributed by atoms with van der Waals surface area (Å²) in [5.74, 6) is 0.970. The van der Waals surface area contributed by atoms with Crippen molar-refractivity contribution in [3.8, 4) is 5.75 Å². The van der Waals surface area contributed by atoms with Gasteiger partial charge >= 0.3 is 5.97 Å². The van der Waals surface area contributed by atoms with Gasteiger partial charge in [-0.05, 0) is 49.6 Å². The Kier molecular flexibility index (Phi) is 8.02. The number of methoxy groups -OCH3 is 1. The standard InChI is InChI=1S/C17H24BrNO3/c1-12(2)11-16(17(20)21-4)19-13(3)9-10-22-15-7-5-14(18)6-8-15/h5-9,12,16,19H,10-11H2,1-4H3/b13-9-/t16-/m0/s1. The molecule has 22 heavy (non-hydrogen) atoms. The number of carbonyl (C=O) groups excluding carboxylic acids is 1. The first-order valence-electron chi connectivity index (χ1n) is 7.32. The van der Waals surface area contributed by atoms with Crippen molar-refractivity contribution >= 4 is 21.9 Å². The minimum atomic E-state index is -0.325. The van der Waals surface area contributed by atoms with Crippen molar-refractivity contribution < 1.29 is 14.3 Å². The molecule has 0 amide bonds. The van der Waals surface area contributed by atoms with Crippen molar-refractivity contribution in [1.82, 2.24) is 5.32 Å². The Labute approximate surface area is 141 Å². The molecular formula is C17H24BrNO3. The second-order valence-electron chi connectivity index (χ2n) is 5.50. The number of esters is 1. The van der Waals surface area contributed by atoms with E-state index in [-0.39, 0.29) is 12.0 Å². The molecule has 0 saturated heterocycles. The van der Waals surface area contributed by atoms with Gasteiger partial charge in [-0.25, -0.2) is 4.79 Å². The molecule has 0 heterocycles. The number of ether oxygens (including phenoxy) is 2. The fourth-order valence-corrected chi connectivity index (χ4v) is 2.22. The van der Waals surface area contributed by atoms with E-state index in [2.05, 4.69) is 35.1 Å². The molecule has 0 unspecified atom stereocenters. The van der Waals surface area contributed by atoms with Crippen molar-refractivity contribution in [1.29, 1.82) is 0 Å². The molecule has 4 nitrogen and oxygen atoms in total. The Hall–Kier alpha value is -1.49. The van der Waals surface area contributed by atoms with Gasteiger partial charge in [0.1, 0.15) is 18.4 Å². The third-order valence-electron chi connectivity index (χ3n) is 3.05. The van der Waals surface area contributed by atoms with Crippen LogP contribution in [-0.4, -0.2) is 25.7 Å². The van der Waals surface area contributed by atoms with Gasteiger partial charge in [-0.15, -0.1) is 0 Å². The van der Waals surface area contributed by atoms with E-state index < -0.39 is 0 Å². The SMILES string of the molecule is COC(=O)[C@H](CC(C)C)N/C(C)=C\COc1ccc(Br)cc1. The van der Waals surface area contributed by atoms with Gasteiger partial charge in [0.05, 0.1) is 7.11 Å². The molecule has 1 rings (SSSR count). The summed E-state index contributed by atoms with van der Waals surface area (Å²) >= 11 is 3.38. The highest BCUT2D eigenvalue weighted by Crippen LogP contribution is 2.16. The molecule has 0 aromatic heterocycles. The molecule has 122 valence electrons. The van der Waals surface area contributed by atoms with Crippen molar-refractivity contribution in [2.45, 2.75) is 33.2 Å². The minimum absolute atomic E-state index is 0.240. The van der Waals surface area contributed by atoms with Crippen LogP contribution in [0.1, 0.15) is 27.2 Å². The normalized spacial score (nSPS) is 12.9. The molecule has 1 aromatic rings. The van der Waals surface area contributed by atoms with Gasteiger partial charge in [0, 0.05) is 10.2 Å². The summed E-state index contributed by atoms with van der Waals surface area (Å²) in [5.41, 5.74) is 0.896. The summed E-state index contributed by atoms with van der Waals surface area (Å²) in [6, 6.07) is 7.34. The lowest BCUT2D eigenvalue weighted by Crippen LogP contribution is -2.37. The van der Waals surface area contributed by atoms with Crippen LogP contribution >= 0.6 is 15.9 Å². The molecule has 0 spiro atoms. The third-order valence-corrected chi connectivity index (χ3v) is 3.58. The molecule has 5 heteroatoms. The fourth-order valence-electron chi connectivity index (χ4n) is 1.96. The predicted molar refractivity (Wildman–Crippen MR) is 91.8 cm³/mol. The van der Waals surface area contributed by atoms with Crippen molar-refractivity contribution in [2.75, 3.05) is 13.7 Å². The van der Waals surface area contributed by atoms with Crippen LogP contribution < -0.4 is 10.1 Å². The highest BCUT2D eigenvalue weighted by atomic mass is 79.9. The molecule has 0 aliphatic heterocycles. The van der Waals surface area contributed by atoms with Crippen LogP contribution in [0, 0.1) is 5.92 Å². The van der Waals surface area contributed by atoms with Gasteiger partial charge in [-0.1, -0.05) is 29.8 Å². The molecule has 0 fully saturated rings. The molecule has 0 radical (unpaired) electrons. The topological polar surface area (TPSA) is 47.6 Å². The van der Waals surface area contributed by atoms with Crippen molar-refractivity contribution in [3.63, 3.8) is 0 Å². The second kappa shape index (κ2) is 9.51. The number of carbonyl (C=O) groups is 1. The van der Waals surface area contributed by atoms with Gasteiger partial charge in [0.15, 0.2) is 0 Å². The Bertz CT molecular complexity index is 497. The Morgan fingerprint density at radius 1 is 1.32 bits per heavy atom. The predicted octanol–water partition coefficient (Wildman–Crippen LogP) is 3.91. The van der Waals surface area contributed by atoms with Crippen LogP contribution in [0.15, 0.2) is 40.5 Å². The molecule has 1 aromatic carbocycles. The summed E-state index contributed by atoms with van der Waals surface area (Å²) in [6.07, 6.45) is 2.64. The maximum Gasteiger partial charge on any atom is 0.328 e. The number of halogens is 1. The van der Waals surface area contributed by atoms with E-state index in [9.17, 15) is 4.79 Å². The summed E-state index contributed by atoms with van der Waals surface area (Å²) < 4.78 is 11.5. The molecule has 1 N–H and O–H groups in total. The molecule has 0 aliphatic carbocycles. The Morgan fingerprint density at radius 2 is 1.95 bits per heavy atom. The maximum absolute atomic E-state index is 11.8. The van der Waals surface area contributed by atoms with Gasteiger partial charge in [0.2, 0.25) is 0 Å². The number of hydrogen-bond acceptors (Lipinski definition) is 4. The van der Waals surface area contributed by atoms with Crippen LogP contribution in [0.25, 0.3) is 0 Å². The van der Waals surface area contributed by atoms with E-state index in [1.54, 1.807) is 0 Å². The van der Waals surface area contributed by atoms with E-state index in [0.29, 0.717) is 12.5 Å². The first-order chi connectivity index (χ1) is 10.4. The lowest BCUT2D eigenvalue weighted by molar-refractivity contribution is -0.143. The zero-order chi connectivity index (χ0) is 16.5. The van der Waals surface area contributed by atoms with E-state index in [1.165, 1.54) is 7.11 Å². The maximum atomic E-state index is 11.8. The zero-order valence-electron chi connectivity index (χ0n) is 13.6. The first kappa shape index (κ1) is 18.6. The molecule has 0 saturated carbocycles. The molecular weight excluding hydrogens is 346 g/mol. The van der Waals surface area contributed by atoms with Crippen LogP contribution in [0.3, 0.4) is 0 Å². The van der Waals surface area contributed by atoms with Gasteiger partial charge in [-0.2, -0.15) is 0 Å². The van der Waals surface area contributed by atoms with E-state index in [1.807, 2.05) is 37.3 Å². The van der Waals surface area contributed by atoms with Crippen LogP contribution in [0.5, 0.6) is 5.75 Å². The summed E-state index contributed by atoms with van der Waals surface area (Å²) in [5, 5.41) is 3.19. The highest BCUT2D eigenvalue weighted by Gasteiger charge is 2.19. The van der Waals surface area contributed by atoms with Gasteiger partial charge < -0.3 is 14.8 Å². The largest absolute Gasteiger partial charge is 0.489 e. The quantitative estimate of drug-likeness (QED) is 0.705. The molecule has 0 aliphatic rings. The Morgan fingerprint density at radius 3 is 2.50 bits per heavy atom. The van der Waals surface area contributed by atoms with E-state index in [4.69, 9.17) is 9.47 Å². The second-order valence-corrected chi connectivity index (χ2v) is 6.42. The number of hydrogen-bond donors (Lipinski definition) is 1. The minimum Gasteiger partial charge on any atom is -0.489 e. The Balaban J connectivity index is 2.51. The third kappa shape index (κ3) is 6.98. The summed E-state index contributed by atoms with van der Waals surface area (Å²) in [4.78, 5) is 11.8. The van der Waals surface area contributed by atoms with Crippen LogP contribution in [0.4, 0.5) is 0 Å². The number of benzene rings is 1. The average Bonchev–Trinajstić information content (AvgIpc) is 2.47. The van der Waals surface area contributed by atoms with Gasteiger partial charge in [0.25, 0.3) is 0 Å². The monoisotopic (exact) mass is 369 g/mol. The highest BCUT2D eigenvalue weighted by molar-refractivity contribution is 9.10. The van der Waals surface area contributed by atoms with Crippen LogP contribution in [0.2, 0.25) is 0 Å². The fraction of sp³-hybridized carbons (Fsp3) is 0.471. The zero-order valence-corrected chi connectivity index (χ0v) is 15.1. The van der Waals surface area contributed by atoms with E-state index in [0.717, 1.165) is 22.3 Å². The molecule has 0 bridgehead atoms. The van der Waals surface area contributed by atoms with E-state index >= 15 is 0 Å².